The molecule has 20 heavy (non-hydrogen) atoms. The van der Waals surface area contributed by atoms with Gasteiger partial charge in [0.25, 0.3) is 0 Å². The van der Waals surface area contributed by atoms with Crippen molar-refractivity contribution in [2.75, 3.05) is 25.5 Å². The predicted molar refractivity (Wildman–Crippen MR) is 79.0 cm³/mol. The van der Waals surface area contributed by atoms with E-state index in [1.807, 2.05) is 25.1 Å². The standard InChI is InChI=1S/C16H22FN3/c1-19-16(12-18)10-5-6-13(16)9-11-20(2)15-8-4-3-7-14(15)17/h3-4,7-8,13,19H,5-6,9-11H2,1-2H3. The summed E-state index contributed by atoms with van der Waals surface area (Å²) < 4.78 is 13.7. The molecule has 1 aliphatic rings. The molecule has 2 rings (SSSR count). The number of rotatable bonds is 5. The summed E-state index contributed by atoms with van der Waals surface area (Å²) in [5.41, 5.74) is 0.230. The molecule has 1 aromatic carbocycles. The van der Waals surface area contributed by atoms with Crippen LogP contribution >= 0.6 is 0 Å². The van der Waals surface area contributed by atoms with E-state index in [4.69, 9.17) is 0 Å². The fraction of sp³-hybridized carbons (Fsp3) is 0.562. The number of benzene rings is 1. The Balaban J connectivity index is 1.99. The van der Waals surface area contributed by atoms with E-state index in [1.165, 1.54) is 6.07 Å². The lowest BCUT2D eigenvalue weighted by Crippen LogP contribution is -2.45. The van der Waals surface area contributed by atoms with Gasteiger partial charge in [-0.15, -0.1) is 0 Å². The van der Waals surface area contributed by atoms with E-state index in [0.717, 1.165) is 32.2 Å². The maximum absolute atomic E-state index is 13.7. The van der Waals surface area contributed by atoms with Crippen LogP contribution in [0.25, 0.3) is 0 Å². The molecule has 4 heteroatoms. The van der Waals surface area contributed by atoms with Crippen molar-refractivity contribution in [3.8, 4) is 6.07 Å². The molecule has 1 saturated carbocycles. The first-order valence-corrected chi connectivity index (χ1v) is 7.19. The van der Waals surface area contributed by atoms with Crippen molar-refractivity contribution in [1.29, 1.82) is 5.26 Å². The Morgan fingerprint density at radius 2 is 2.25 bits per heavy atom. The van der Waals surface area contributed by atoms with Crippen LogP contribution in [0.15, 0.2) is 24.3 Å². The van der Waals surface area contributed by atoms with E-state index in [2.05, 4.69) is 11.4 Å². The lowest BCUT2D eigenvalue weighted by atomic mass is 9.86. The second kappa shape index (κ2) is 6.23. The second-order valence-electron chi connectivity index (χ2n) is 5.58. The topological polar surface area (TPSA) is 39.1 Å². The molecule has 0 amide bonds. The first-order chi connectivity index (χ1) is 9.63. The molecule has 0 spiro atoms. The van der Waals surface area contributed by atoms with Crippen LogP contribution in [0.2, 0.25) is 0 Å². The van der Waals surface area contributed by atoms with Gasteiger partial charge in [-0.1, -0.05) is 18.6 Å². The average Bonchev–Trinajstić information content (AvgIpc) is 2.88. The van der Waals surface area contributed by atoms with E-state index in [1.54, 1.807) is 12.1 Å². The van der Waals surface area contributed by atoms with Crippen molar-refractivity contribution in [2.45, 2.75) is 31.2 Å². The zero-order valence-electron chi connectivity index (χ0n) is 12.2. The number of hydrogen-bond donors (Lipinski definition) is 1. The first-order valence-electron chi connectivity index (χ1n) is 7.19. The van der Waals surface area contributed by atoms with Crippen LogP contribution in [0, 0.1) is 23.1 Å². The van der Waals surface area contributed by atoms with Gasteiger partial charge >= 0.3 is 0 Å². The van der Waals surface area contributed by atoms with Gasteiger partial charge in [0, 0.05) is 13.6 Å². The van der Waals surface area contributed by atoms with Gasteiger partial charge in [-0.25, -0.2) is 4.39 Å². The van der Waals surface area contributed by atoms with Crippen LogP contribution in [-0.4, -0.2) is 26.2 Å². The SMILES string of the molecule is CNC1(C#N)CCCC1CCN(C)c1ccccc1F. The first kappa shape index (κ1) is 14.8. The largest absolute Gasteiger partial charge is 0.372 e. The molecule has 0 aliphatic heterocycles. The van der Waals surface area contributed by atoms with Gasteiger partial charge < -0.3 is 10.2 Å². The number of halogens is 1. The lowest BCUT2D eigenvalue weighted by Gasteiger charge is -2.30. The third-order valence-electron chi connectivity index (χ3n) is 4.54. The van der Waals surface area contributed by atoms with E-state index in [9.17, 15) is 9.65 Å². The van der Waals surface area contributed by atoms with E-state index >= 15 is 0 Å². The Labute approximate surface area is 120 Å². The second-order valence-corrected chi connectivity index (χ2v) is 5.58. The van der Waals surface area contributed by atoms with Gasteiger partial charge in [0.2, 0.25) is 0 Å². The fourth-order valence-electron chi connectivity index (χ4n) is 3.23. The summed E-state index contributed by atoms with van der Waals surface area (Å²) in [6.07, 6.45) is 3.97. The summed E-state index contributed by atoms with van der Waals surface area (Å²) in [5, 5.41) is 12.6. The minimum absolute atomic E-state index is 0.193. The van der Waals surface area contributed by atoms with Crippen molar-refractivity contribution < 1.29 is 4.39 Å². The van der Waals surface area contributed by atoms with Gasteiger partial charge in [0.05, 0.1) is 11.8 Å². The highest BCUT2D eigenvalue weighted by molar-refractivity contribution is 5.46. The number of nitrogens with one attached hydrogen (secondary N) is 1. The summed E-state index contributed by atoms with van der Waals surface area (Å²) >= 11 is 0. The fourth-order valence-corrected chi connectivity index (χ4v) is 3.23. The minimum atomic E-state index is -0.393. The number of nitriles is 1. The number of para-hydroxylation sites is 1. The molecule has 1 aromatic rings. The molecule has 0 heterocycles. The molecular weight excluding hydrogens is 253 g/mol. The Bertz CT molecular complexity index is 497. The Morgan fingerprint density at radius 1 is 1.50 bits per heavy atom. The molecule has 1 N–H and O–H groups in total. The lowest BCUT2D eigenvalue weighted by molar-refractivity contribution is 0.322. The summed E-state index contributed by atoms with van der Waals surface area (Å²) in [5.74, 6) is 0.147. The van der Waals surface area contributed by atoms with Crippen molar-refractivity contribution in [1.82, 2.24) is 5.32 Å². The zero-order valence-corrected chi connectivity index (χ0v) is 12.2. The Kier molecular flexibility index (Phi) is 4.61. The highest BCUT2D eigenvalue weighted by atomic mass is 19.1. The van der Waals surface area contributed by atoms with E-state index in [-0.39, 0.29) is 5.82 Å². The van der Waals surface area contributed by atoms with Crippen LogP contribution in [0.1, 0.15) is 25.7 Å². The van der Waals surface area contributed by atoms with Crippen LogP contribution in [0.3, 0.4) is 0 Å². The summed E-state index contributed by atoms with van der Waals surface area (Å²) in [6.45, 7) is 0.761. The van der Waals surface area contributed by atoms with E-state index < -0.39 is 5.54 Å². The molecule has 108 valence electrons. The minimum Gasteiger partial charge on any atom is -0.372 e. The molecule has 1 aliphatic carbocycles. The smallest absolute Gasteiger partial charge is 0.146 e. The number of nitrogens with zero attached hydrogens (tertiary/aromatic N) is 2. The Hall–Kier alpha value is -1.60. The molecular formula is C16H22FN3. The van der Waals surface area contributed by atoms with Crippen LogP contribution in [0.5, 0.6) is 0 Å². The van der Waals surface area contributed by atoms with Gasteiger partial charge in [0.15, 0.2) is 0 Å². The third kappa shape index (κ3) is 2.78. The highest BCUT2D eigenvalue weighted by Gasteiger charge is 2.41. The van der Waals surface area contributed by atoms with Crippen molar-refractivity contribution in [2.24, 2.45) is 5.92 Å². The molecule has 0 radical (unpaired) electrons. The van der Waals surface area contributed by atoms with Crippen LogP contribution < -0.4 is 10.2 Å². The maximum Gasteiger partial charge on any atom is 0.146 e. The quantitative estimate of drug-likeness (QED) is 0.898. The normalized spacial score (nSPS) is 25.4. The average molecular weight is 275 g/mol. The van der Waals surface area contributed by atoms with Gasteiger partial charge in [-0.3, -0.25) is 0 Å². The number of hydrogen-bond acceptors (Lipinski definition) is 3. The summed E-state index contributed by atoms with van der Waals surface area (Å²) in [4.78, 5) is 1.94. The summed E-state index contributed by atoms with van der Waals surface area (Å²) in [6, 6.07) is 9.27. The van der Waals surface area contributed by atoms with Crippen molar-refractivity contribution in [3.63, 3.8) is 0 Å². The van der Waals surface area contributed by atoms with Crippen molar-refractivity contribution >= 4 is 5.69 Å². The third-order valence-corrected chi connectivity index (χ3v) is 4.54. The molecule has 2 atom stereocenters. The predicted octanol–water partition coefficient (Wildman–Crippen LogP) is 2.93. The molecule has 0 aromatic heterocycles. The molecule has 0 saturated heterocycles. The van der Waals surface area contributed by atoms with Gasteiger partial charge in [0.1, 0.15) is 11.4 Å². The van der Waals surface area contributed by atoms with Gasteiger partial charge in [-0.05, 0) is 44.4 Å². The molecule has 2 unspecified atom stereocenters. The van der Waals surface area contributed by atoms with Gasteiger partial charge in [-0.2, -0.15) is 5.26 Å². The maximum atomic E-state index is 13.7. The molecule has 3 nitrogen and oxygen atoms in total. The molecule has 0 bridgehead atoms. The van der Waals surface area contributed by atoms with Crippen LogP contribution in [0.4, 0.5) is 10.1 Å². The monoisotopic (exact) mass is 275 g/mol. The molecule has 1 fully saturated rings. The van der Waals surface area contributed by atoms with E-state index in [0.29, 0.717) is 11.6 Å². The Morgan fingerprint density at radius 3 is 2.90 bits per heavy atom. The summed E-state index contributed by atoms with van der Waals surface area (Å²) in [7, 11) is 3.77. The highest BCUT2D eigenvalue weighted by Crippen LogP contribution is 2.37. The number of anilines is 1. The zero-order chi connectivity index (χ0) is 14.6. The van der Waals surface area contributed by atoms with Crippen molar-refractivity contribution in [3.05, 3.63) is 30.1 Å². The van der Waals surface area contributed by atoms with Crippen LogP contribution in [-0.2, 0) is 0 Å².